The number of piperidine rings is 1. The van der Waals surface area contributed by atoms with Crippen LogP contribution in [0, 0.1) is 0 Å². The average Bonchev–Trinajstić information content (AvgIpc) is 2.54. The zero-order valence-corrected chi connectivity index (χ0v) is 13.8. The monoisotopic (exact) mass is 302 g/mol. The maximum atomic E-state index is 12.3. The second-order valence-electron chi connectivity index (χ2n) is 6.13. The fraction of sp³-hybridized carbons (Fsp3) is 0.556. The Hall–Kier alpha value is -1.84. The van der Waals surface area contributed by atoms with Crippen LogP contribution in [0.15, 0.2) is 24.3 Å². The third kappa shape index (κ3) is 3.87. The summed E-state index contributed by atoms with van der Waals surface area (Å²) < 4.78 is 0. The highest BCUT2D eigenvalue weighted by Gasteiger charge is 2.28. The van der Waals surface area contributed by atoms with Crippen molar-refractivity contribution in [2.75, 3.05) is 6.54 Å². The molecule has 1 fully saturated rings. The molecule has 1 aliphatic heterocycles. The molecule has 1 aliphatic rings. The zero-order chi connectivity index (χ0) is 16.1. The molecule has 1 saturated heterocycles. The van der Waals surface area contributed by atoms with Crippen molar-refractivity contribution in [1.29, 1.82) is 0 Å². The molecule has 2 rings (SSSR count). The predicted molar refractivity (Wildman–Crippen MR) is 87.4 cm³/mol. The number of amides is 2. The van der Waals surface area contributed by atoms with Crippen LogP contribution in [0.2, 0.25) is 0 Å². The maximum absolute atomic E-state index is 12.3. The van der Waals surface area contributed by atoms with Crippen LogP contribution < -0.4 is 5.32 Å². The van der Waals surface area contributed by atoms with E-state index in [9.17, 15) is 9.59 Å². The van der Waals surface area contributed by atoms with Crippen LogP contribution in [0.1, 0.15) is 57.2 Å². The van der Waals surface area contributed by atoms with Gasteiger partial charge in [-0.1, -0.05) is 31.2 Å². The summed E-state index contributed by atoms with van der Waals surface area (Å²) in [6.45, 7) is 6.72. The van der Waals surface area contributed by atoms with Crippen molar-refractivity contribution < 1.29 is 9.59 Å². The van der Waals surface area contributed by atoms with Gasteiger partial charge in [-0.25, -0.2) is 0 Å². The molecule has 120 valence electrons. The minimum absolute atomic E-state index is 0.158. The summed E-state index contributed by atoms with van der Waals surface area (Å²) in [4.78, 5) is 26.2. The standard InChI is InChI=1S/C18H26N2O2/c1-4-15-8-10-16(11-9-15)14(3)19-17(21)18(22)20-12-6-5-7-13(20)2/h8-11,13-14H,4-7,12H2,1-3H3,(H,19,21). The fourth-order valence-corrected chi connectivity index (χ4v) is 2.91. The van der Waals surface area contributed by atoms with Gasteiger partial charge < -0.3 is 10.2 Å². The van der Waals surface area contributed by atoms with E-state index in [0.29, 0.717) is 6.54 Å². The van der Waals surface area contributed by atoms with E-state index < -0.39 is 11.8 Å². The van der Waals surface area contributed by atoms with Gasteiger partial charge in [0.1, 0.15) is 0 Å². The molecule has 4 heteroatoms. The largest absolute Gasteiger partial charge is 0.341 e. The first-order valence-electron chi connectivity index (χ1n) is 8.23. The molecule has 0 spiro atoms. The van der Waals surface area contributed by atoms with E-state index >= 15 is 0 Å². The smallest absolute Gasteiger partial charge is 0.312 e. The Morgan fingerprint density at radius 3 is 2.55 bits per heavy atom. The molecule has 1 aromatic rings. The van der Waals surface area contributed by atoms with Gasteiger partial charge in [-0.2, -0.15) is 0 Å². The molecule has 1 N–H and O–H groups in total. The third-order valence-corrected chi connectivity index (χ3v) is 4.49. The number of benzene rings is 1. The molecule has 1 aromatic carbocycles. The first-order chi connectivity index (χ1) is 10.5. The van der Waals surface area contributed by atoms with E-state index in [-0.39, 0.29) is 12.1 Å². The van der Waals surface area contributed by atoms with Crippen LogP contribution in [0.4, 0.5) is 0 Å². The van der Waals surface area contributed by atoms with Crippen molar-refractivity contribution in [3.63, 3.8) is 0 Å². The summed E-state index contributed by atoms with van der Waals surface area (Å²) in [5.74, 6) is -0.898. The summed E-state index contributed by atoms with van der Waals surface area (Å²) in [5.41, 5.74) is 2.28. The van der Waals surface area contributed by atoms with Crippen LogP contribution in [0.25, 0.3) is 0 Å². The Balaban J connectivity index is 1.96. The topological polar surface area (TPSA) is 49.4 Å². The second kappa shape index (κ2) is 7.43. The van der Waals surface area contributed by atoms with Crippen LogP contribution >= 0.6 is 0 Å². The van der Waals surface area contributed by atoms with Gasteiger partial charge in [0.15, 0.2) is 0 Å². The van der Waals surface area contributed by atoms with Crippen molar-refractivity contribution in [3.8, 4) is 0 Å². The molecule has 0 aliphatic carbocycles. The number of aryl methyl sites for hydroxylation is 1. The molecule has 1 heterocycles. The molecule has 4 nitrogen and oxygen atoms in total. The van der Waals surface area contributed by atoms with E-state index in [1.54, 1.807) is 4.90 Å². The number of hydrogen-bond acceptors (Lipinski definition) is 2. The van der Waals surface area contributed by atoms with Crippen LogP contribution in [0.5, 0.6) is 0 Å². The van der Waals surface area contributed by atoms with Gasteiger partial charge in [-0.3, -0.25) is 9.59 Å². The van der Waals surface area contributed by atoms with E-state index in [4.69, 9.17) is 0 Å². The lowest BCUT2D eigenvalue weighted by atomic mass is 10.0. The number of carbonyl (C=O) groups excluding carboxylic acids is 2. The lowest BCUT2D eigenvalue weighted by molar-refractivity contribution is -0.148. The second-order valence-corrected chi connectivity index (χ2v) is 6.13. The first kappa shape index (κ1) is 16.5. The number of likely N-dealkylation sites (tertiary alicyclic amines) is 1. The highest BCUT2D eigenvalue weighted by atomic mass is 16.2. The summed E-state index contributed by atoms with van der Waals surface area (Å²) in [7, 11) is 0. The summed E-state index contributed by atoms with van der Waals surface area (Å²) in [5, 5.41) is 2.82. The SMILES string of the molecule is CCc1ccc(C(C)NC(=O)C(=O)N2CCCCC2C)cc1. The van der Waals surface area contributed by atoms with E-state index in [1.165, 1.54) is 5.56 Å². The molecule has 0 bridgehead atoms. The molecule has 2 atom stereocenters. The summed E-state index contributed by atoms with van der Waals surface area (Å²) >= 11 is 0. The predicted octanol–water partition coefficient (Wildman–Crippen LogP) is 2.83. The van der Waals surface area contributed by atoms with Crippen LogP contribution in [-0.2, 0) is 16.0 Å². The average molecular weight is 302 g/mol. The minimum atomic E-state index is -0.499. The minimum Gasteiger partial charge on any atom is -0.341 e. The molecule has 0 radical (unpaired) electrons. The molecular formula is C18H26N2O2. The van der Waals surface area contributed by atoms with Crippen LogP contribution in [-0.4, -0.2) is 29.3 Å². The normalized spacial score (nSPS) is 19.6. The lowest BCUT2D eigenvalue weighted by Gasteiger charge is -2.33. The molecule has 0 aromatic heterocycles. The Kier molecular flexibility index (Phi) is 5.58. The van der Waals surface area contributed by atoms with Gasteiger partial charge in [0.2, 0.25) is 0 Å². The van der Waals surface area contributed by atoms with Gasteiger partial charge >= 0.3 is 11.8 Å². The van der Waals surface area contributed by atoms with Gasteiger partial charge in [-0.05, 0) is 50.7 Å². The maximum Gasteiger partial charge on any atom is 0.312 e. The zero-order valence-electron chi connectivity index (χ0n) is 13.8. The summed E-state index contributed by atoms with van der Waals surface area (Å²) in [6, 6.07) is 8.14. The Labute approximate surface area is 132 Å². The molecule has 2 unspecified atom stereocenters. The number of nitrogens with one attached hydrogen (secondary N) is 1. The van der Waals surface area contributed by atoms with Gasteiger partial charge in [0, 0.05) is 12.6 Å². The third-order valence-electron chi connectivity index (χ3n) is 4.49. The van der Waals surface area contributed by atoms with Gasteiger partial charge in [0.05, 0.1) is 6.04 Å². The molecular weight excluding hydrogens is 276 g/mol. The number of nitrogens with zero attached hydrogens (tertiary/aromatic N) is 1. The summed E-state index contributed by atoms with van der Waals surface area (Å²) in [6.07, 6.45) is 4.09. The van der Waals surface area contributed by atoms with Crippen molar-refractivity contribution >= 4 is 11.8 Å². The molecule has 0 saturated carbocycles. The van der Waals surface area contributed by atoms with Crippen molar-refractivity contribution in [1.82, 2.24) is 10.2 Å². The Morgan fingerprint density at radius 1 is 1.27 bits per heavy atom. The highest BCUT2D eigenvalue weighted by Crippen LogP contribution is 2.17. The Morgan fingerprint density at radius 2 is 1.95 bits per heavy atom. The molecule has 2 amide bonds. The lowest BCUT2D eigenvalue weighted by Crippen LogP contribution is -2.49. The van der Waals surface area contributed by atoms with Gasteiger partial charge in [0.25, 0.3) is 0 Å². The van der Waals surface area contributed by atoms with Gasteiger partial charge in [-0.15, -0.1) is 0 Å². The van der Waals surface area contributed by atoms with Crippen LogP contribution in [0.3, 0.4) is 0 Å². The number of rotatable bonds is 3. The highest BCUT2D eigenvalue weighted by molar-refractivity contribution is 6.35. The van der Waals surface area contributed by atoms with Crippen molar-refractivity contribution in [3.05, 3.63) is 35.4 Å². The number of hydrogen-bond donors (Lipinski definition) is 1. The number of carbonyl (C=O) groups is 2. The van der Waals surface area contributed by atoms with E-state index in [1.807, 2.05) is 26.0 Å². The van der Waals surface area contributed by atoms with E-state index in [2.05, 4.69) is 24.4 Å². The van der Waals surface area contributed by atoms with E-state index in [0.717, 1.165) is 31.2 Å². The Bertz CT molecular complexity index is 524. The van der Waals surface area contributed by atoms with Crippen molar-refractivity contribution in [2.24, 2.45) is 0 Å². The fourth-order valence-electron chi connectivity index (χ4n) is 2.91. The van der Waals surface area contributed by atoms with Crippen molar-refractivity contribution in [2.45, 2.75) is 58.5 Å². The quantitative estimate of drug-likeness (QED) is 0.873. The molecule has 22 heavy (non-hydrogen) atoms. The first-order valence-corrected chi connectivity index (χ1v) is 8.23.